The number of quaternary nitrogens is 2. The Hall–Kier alpha value is -3.10. The van der Waals surface area contributed by atoms with Crippen LogP contribution in [0.2, 0.25) is 0 Å². The summed E-state index contributed by atoms with van der Waals surface area (Å²) in [7, 11) is 0. The van der Waals surface area contributed by atoms with Gasteiger partial charge in [-0.3, -0.25) is 9.59 Å². The number of hydrogen-bond acceptors (Lipinski definition) is 5. The minimum Gasteiger partial charge on any atom is -0.494 e. The van der Waals surface area contributed by atoms with Crippen molar-refractivity contribution in [3.05, 3.63) is 48.0 Å². The van der Waals surface area contributed by atoms with Crippen LogP contribution in [0.15, 0.2) is 42.5 Å². The number of imide groups is 1. The number of hydrogen-bond donors (Lipinski definition) is 2. The molecule has 5 rings (SSSR count). The minimum absolute atomic E-state index is 0.0895. The fraction of sp³-hybridized carbons (Fsp3) is 0.417. The molecule has 0 spiro atoms. The third-order valence-corrected chi connectivity index (χ3v) is 6.54. The van der Waals surface area contributed by atoms with Crippen molar-refractivity contribution >= 4 is 17.5 Å². The Morgan fingerprint density at radius 1 is 1.00 bits per heavy atom. The first kappa shape index (κ1) is 20.8. The molecule has 32 heavy (non-hydrogen) atoms. The molecule has 3 heterocycles. The van der Waals surface area contributed by atoms with Crippen LogP contribution < -0.4 is 28.9 Å². The lowest BCUT2D eigenvalue weighted by Crippen LogP contribution is -3.29. The number of anilines is 1. The summed E-state index contributed by atoms with van der Waals surface area (Å²) in [5.41, 5.74) is 1.85. The van der Waals surface area contributed by atoms with Crippen molar-refractivity contribution in [1.29, 1.82) is 0 Å². The second-order valence-corrected chi connectivity index (χ2v) is 8.52. The summed E-state index contributed by atoms with van der Waals surface area (Å²) in [5.74, 6) is 2.15. The number of amides is 2. The fourth-order valence-electron chi connectivity index (χ4n) is 4.87. The smallest absolute Gasteiger partial charge is 0.292 e. The van der Waals surface area contributed by atoms with Gasteiger partial charge in [-0.2, -0.15) is 0 Å². The zero-order valence-corrected chi connectivity index (χ0v) is 18.3. The SMILES string of the molecule is CCOc1ccc(N2C(=O)C[C@H]([NH+]3CC[NH+](Cc4ccc5c(c4)OCO5)CC3)C2=O)cc1. The molecule has 2 fully saturated rings. The number of piperazine rings is 1. The van der Waals surface area contributed by atoms with E-state index in [9.17, 15) is 9.59 Å². The molecule has 8 heteroatoms. The van der Waals surface area contributed by atoms with Gasteiger partial charge in [0.25, 0.3) is 5.91 Å². The van der Waals surface area contributed by atoms with Crippen LogP contribution in [0.3, 0.4) is 0 Å². The third kappa shape index (κ3) is 4.03. The van der Waals surface area contributed by atoms with Gasteiger partial charge in [0.2, 0.25) is 12.7 Å². The van der Waals surface area contributed by atoms with Gasteiger partial charge < -0.3 is 24.0 Å². The van der Waals surface area contributed by atoms with Crippen molar-refractivity contribution in [2.45, 2.75) is 25.9 Å². The molecule has 0 radical (unpaired) electrons. The van der Waals surface area contributed by atoms with Crippen LogP contribution in [-0.2, 0) is 16.1 Å². The van der Waals surface area contributed by atoms with Gasteiger partial charge in [0.15, 0.2) is 17.5 Å². The predicted molar refractivity (Wildman–Crippen MR) is 116 cm³/mol. The van der Waals surface area contributed by atoms with Crippen LogP contribution >= 0.6 is 0 Å². The molecule has 0 saturated carbocycles. The average molecular weight is 440 g/mol. The van der Waals surface area contributed by atoms with E-state index in [1.807, 2.05) is 13.0 Å². The van der Waals surface area contributed by atoms with Crippen molar-refractivity contribution in [3.8, 4) is 17.2 Å². The molecular weight excluding hydrogens is 410 g/mol. The number of benzene rings is 2. The highest BCUT2D eigenvalue weighted by Gasteiger charge is 2.47. The number of ether oxygens (including phenoxy) is 3. The van der Waals surface area contributed by atoms with Crippen LogP contribution in [0.5, 0.6) is 17.2 Å². The van der Waals surface area contributed by atoms with Crippen LogP contribution in [0, 0.1) is 0 Å². The number of nitrogens with one attached hydrogen (secondary N) is 2. The van der Waals surface area contributed by atoms with Crippen LogP contribution in [0.1, 0.15) is 18.9 Å². The van der Waals surface area contributed by atoms with Gasteiger partial charge >= 0.3 is 0 Å². The monoisotopic (exact) mass is 439 g/mol. The second kappa shape index (κ2) is 8.80. The zero-order valence-electron chi connectivity index (χ0n) is 18.3. The Labute approximate surface area is 187 Å². The number of rotatable bonds is 6. The molecule has 0 aromatic heterocycles. The first-order valence-corrected chi connectivity index (χ1v) is 11.3. The molecule has 2 aromatic carbocycles. The van der Waals surface area contributed by atoms with E-state index < -0.39 is 0 Å². The summed E-state index contributed by atoms with van der Waals surface area (Å²) in [6, 6.07) is 13.0. The highest BCUT2D eigenvalue weighted by molar-refractivity contribution is 6.21. The molecule has 0 bridgehead atoms. The first-order chi connectivity index (χ1) is 15.6. The second-order valence-electron chi connectivity index (χ2n) is 8.52. The standard InChI is InChI=1S/C24H27N3O5/c1-2-30-19-6-4-18(5-7-19)27-23(28)14-20(24(27)29)26-11-9-25(10-12-26)15-17-3-8-21-22(13-17)32-16-31-21/h3-8,13,20H,2,9-12,14-16H2,1H3/p+2/t20-/m0/s1. The van der Waals surface area contributed by atoms with E-state index in [1.54, 1.807) is 24.3 Å². The van der Waals surface area contributed by atoms with Crippen LogP contribution in [0.25, 0.3) is 0 Å². The lowest BCUT2D eigenvalue weighted by atomic mass is 10.1. The Balaban J connectivity index is 1.18. The molecule has 3 aliphatic heterocycles. The van der Waals surface area contributed by atoms with E-state index >= 15 is 0 Å². The van der Waals surface area contributed by atoms with Crippen LogP contribution in [0.4, 0.5) is 5.69 Å². The maximum absolute atomic E-state index is 13.1. The Kier molecular flexibility index (Phi) is 5.71. The summed E-state index contributed by atoms with van der Waals surface area (Å²) >= 11 is 0. The summed E-state index contributed by atoms with van der Waals surface area (Å²) in [6.07, 6.45) is 0.277. The average Bonchev–Trinajstić information content (AvgIpc) is 3.39. The molecule has 2 amide bonds. The van der Waals surface area contributed by atoms with Crippen molar-refractivity contribution in [3.63, 3.8) is 0 Å². The van der Waals surface area contributed by atoms with E-state index in [0.717, 1.165) is 50.0 Å². The van der Waals surface area contributed by atoms with Gasteiger partial charge in [0.05, 0.1) is 18.7 Å². The van der Waals surface area contributed by atoms with E-state index in [0.29, 0.717) is 12.3 Å². The number of nitrogens with zero attached hydrogens (tertiary/aromatic N) is 1. The molecule has 2 aromatic rings. The molecule has 2 saturated heterocycles. The molecular formula is C24H29N3O5+2. The van der Waals surface area contributed by atoms with Gasteiger partial charge in [0.1, 0.15) is 38.5 Å². The third-order valence-electron chi connectivity index (χ3n) is 6.54. The molecule has 8 nitrogen and oxygen atoms in total. The van der Waals surface area contributed by atoms with Gasteiger partial charge in [-0.05, 0) is 49.4 Å². The number of carbonyl (C=O) groups is 2. The molecule has 168 valence electrons. The maximum atomic E-state index is 13.1. The molecule has 3 aliphatic rings. The Morgan fingerprint density at radius 2 is 1.75 bits per heavy atom. The van der Waals surface area contributed by atoms with Crippen molar-refractivity contribution in [1.82, 2.24) is 0 Å². The molecule has 1 atom stereocenters. The molecule has 0 unspecified atom stereocenters. The Bertz CT molecular complexity index is 1000. The summed E-state index contributed by atoms with van der Waals surface area (Å²) < 4.78 is 16.3. The predicted octanol–water partition coefficient (Wildman–Crippen LogP) is -0.570. The van der Waals surface area contributed by atoms with E-state index in [2.05, 4.69) is 12.1 Å². The quantitative estimate of drug-likeness (QED) is 0.590. The van der Waals surface area contributed by atoms with Crippen molar-refractivity contribution in [2.24, 2.45) is 0 Å². The van der Waals surface area contributed by atoms with Gasteiger partial charge in [-0.15, -0.1) is 0 Å². The maximum Gasteiger partial charge on any atom is 0.292 e. The molecule has 2 N–H and O–H groups in total. The van der Waals surface area contributed by atoms with Crippen molar-refractivity contribution < 1.29 is 33.6 Å². The highest BCUT2D eigenvalue weighted by Crippen LogP contribution is 2.32. The van der Waals surface area contributed by atoms with Gasteiger partial charge in [0, 0.05) is 5.56 Å². The minimum atomic E-state index is -0.291. The Morgan fingerprint density at radius 3 is 2.50 bits per heavy atom. The van der Waals surface area contributed by atoms with Gasteiger partial charge in [-0.25, -0.2) is 4.90 Å². The first-order valence-electron chi connectivity index (χ1n) is 11.3. The summed E-state index contributed by atoms with van der Waals surface area (Å²) in [5, 5.41) is 0. The number of fused-ring (bicyclic) bond motifs is 1. The summed E-state index contributed by atoms with van der Waals surface area (Å²) in [6.45, 7) is 7.38. The largest absolute Gasteiger partial charge is 0.494 e. The molecule has 0 aliphatic carbocycles. The van der Waals surface area contributed by atoms with Crippen molar-refractivity contribution in [2.75, 3.05) is 44.5 Å². The summed E-state index contributed by atoms with van der Waals surface area (Å²) in [4.78, 5) is 29.8. The van der Waals surface area contributed by atoms with E-state index in [-0.39, 0.29) is 31.1 Å². The highest BCUT2D eigenvalue weighted by atomic mass is 16.7. The topological polar surface area (TPSA) is 73.9 Å². The van der Waals surface area contributed by atoms with E-state index in [1.165, 1.54) is 20.3 Å². The lowest BCUT2D eigenvalue weighted by molar-refractivity contribution is -1.02. The van der Waals surface area contributed by atoms with Crippen LogP contribution in [-0.4, -0.2) is 57.4 Å². The van der Waals surface area contributed by atoms with Gasteiger partial charge in [-0.1, -0.05) is 0 Å². The lowest BCUT2D eigenvalue weighted by Gasteiger charge is -2.32. The fourth-order valence-corrected chi connectivity index (χ4v) is 4.87. The number of carbonyl (C=O) groups excluding carboxylic acids is 2. The van der Waals surface area contributed by atoms with E-state index in [4.69, 9.17) is 14.2 Å². The normalized spacial score (nSPS) is 24.8. The zero-order chi connectivity index (χ0) is 22.1.